The third-order valence-corrected chi connectivity index (χ3v) is 8.59. The summed E-state index contributed by atoms with van der Waals surface area (Å²) in [4.78, 5) is 49.8. The number of rotatable bonds is 7. The Morgan fingerprint density at radius 3 is 2.69 bits per heavy atom. The summed E-state index contributed by atoms with van der Waals surface area (Å²) in [5.74, 6) is 0.0678. The van der Waals surface area contributed by atoms with Gasteiger partial charge in [-0.1, -0.05) is 13.0 Å². The summed E-state index contributed by atoms with van der Waals surface area (Å²) in [6.07, 6.45) is 5.55. The van der Waals surface area contributed by atoms with Crippen LogP contribution in [0.4, 0.5) is 10.6 Å². The van der Waals surface area contributed by atoms with Gasteiger partial charge in [0, 0.05) is 73.7 Å². The first-order valence-corrected chi connectivity index (χ1v) is 15.0. The van der Waals surface area contributed by atoms with Crippen molar-refractivity contribution in [2.45, 2.75) is 40.2 Å². The second-order valence-electron chi connectivity index (χ2n) is 11.4. The molecule has 1 aromatic carbocycles. The Morgan fingerprint density at radius 1 is 1.21 bits per heavy atom. The number of urea groups is 1. The zero-order valence-corrected chi connectivity index (χ0v) is 25.5. The van der Waals surface area contributed by atoms with E-state index < -0.39 is 0 Å². The molecule has 4 heterocycles. The average molecular weight is 588 g/mol. The zero-order valence-electron chi connectivity index (χ0n) is 24.7. The molecule has 1 fully saturated rings. The molecule has 1 aliphatic heterocycles. The molecule has 0 spiro atoms. The number of hydrogen-bond acceptors (Lipinski definition) is 7. The normalized spacial score (nSPS) is 16.8. The van der Waals surface area contributed by atoms with Crippen LogP contribution in [0.2, 0.25) is 0 Å². The molecule has 3 N–H and O–H groups in total. The number of aromatic nitrogens is 3. The number of pyridine rings is 2. The van der Waals surface area contributed by atoms with Crippen molar-refractivity contribution in [2.75, 3.05) is 39.0 Å². The Labute approximate surface area is 249 Å². The first-order chi connectivity index (χ1) is 20.1. The molecule has 0 radical (unpaired) electrons. The molecule has 0 unspecified atom stereocenters. The zero-order chi connectivity index (χ0) is 30.0. The maximum Gasteiger partial charge on any atom is 0.320 e. The van der Waals surface area contributed by atoms with Gasteiger partial charge in [-0.05, 0) is 62.4 Å². The highest BCUT2D eigenvalue weighted by atomic mass is 32.1. The lowest BCUT2D eigenvalue weighted by Crippen LogP contribution is -2.41. The second-order valence-corrected chi connectivity index (χ2v) is 12.3. The van der Waals surface area contributed by atoms with Crippen LogP contribution in [-0.4, -0.2) is 65.1 Å². The van der Waals surface area contributed by atoms with Gasteiger partial charge in [-0.2, -0.15) is 0 Å². The number of carbonyl (C=O) groups excluding carboxylic acids is 2. The number of nitrogens with one attached hydrogen (secondary N) is 3. The van der Waals surface area contributed by atoms with E-state index in [2.05, 4.69) is 37.4 Å². The first kappa shape index (κ1) is 29.4. The third-order valence-electron chi connectivity index (χ3n) is 7.60. The highest BCUT2D eigenvalue weighted by Crippen LogP contribution is 2.36. The van der Waals surface area contributed by atoms with Crippen LogP contribution in [0.1, 0.15) is 42.7 Å². The summed E-state index contributed by atoms with van der Waals surface area (Å²) in [6, 6.07) is 7.23. The van der Waals surface area contributed by atoms with E-state index in [1.54, 1.807) is 32.6 Å². The summed E-state index contributed by atoms with van der Waals surface area (Å²) in [7, 11) is 3.31. The van der Waals surface area contributed by atoms with Crippen LogP contribution in [0.5, 0.6) is 0 Å². The van der Waals surface area contributed by atoms with Gasteiger partial charge in [0.1, 0.15) is 16.4 Å². The molecular formula is C31H37N7O3S. The van der Waals surface area contributed by atoms with E-state index in [1.165, 1.54) is 16.2 Å². The van der Waals surface area contributed by atoms with Gasteiger partial charge in [-0.3, -0.25) is 14.9 Å². The fraction of sp³-hybridized carbons (Fsp3) is 0.387. The molecule has 4 aromatic rings. The van der Waals surface area contributed by atoms with Crippen LogP contribution in [0.25, 0.3) is 32.6 Å². The molecule has 11 heteroatoms. The van der Waals surface area contributed by atoms with Crippen molar-refractivity contribution < 1.29 is 9.59 Å². The van der Waals surface area contributed by atoms with Crippen molar-refractivity contribution in [1.29, 1.82) is 0 Å². The lowest BCUT2D eigenvalue weighted by molar-refractivity contribution is 0.0825. The van der Waals surface area contributed by atoms with E-state index in [1.807, 2.05) is 37.4 Å². The molecule has 1 saturated heterocycles. The molecule has 0 aliphatic carbocycles. The number of amides is 3. The standard InChI is InChI=1S/C31H37N7O3S/c1-6-33-30(41)36-26-13-21(28-35-19(2)16-42-28)23(14-34-26)20-8-9-25-22(12-20)27(39)24(29(40)37(4)5)15-38(25)18-31(3)10-7-11-32-17-31/h8-9,12-16,32H,6-7,10-11,17-18H2,1-5H3,(H2,33,34,36,41)/t31-/m0/s1. The van der Waals surface area contributed by atoms with Crippen molar-refractivity contribution in [3.05, 3.63) is 63.5 Å². The number of thiazole rings is 1. The average Bonchev–Trinajstić information content (AvgIpc) is 3.40. The van der Waals surface area contributed by atoms with Crippen molar-refractivity contribution in [3.8, 4) is 21.7 Å². The molecule has 1 atom stereocenters. The first-order valence-electron chi connectivity index (χ1n) is 14.2. The summed E-state index contributed by atoms with van der Waals surface area (Å²) in [5.41, 5.74) is 3.82. The van der Waals surface area contributed by atoms with E-state index >= 15 is 0 Å². The number of aryl methyl sites for hydroxylation is 1. The number of benzene rings is 1. The molecule has 220 valence electrons. The Balaban J connectivity index is 1.67. The van der Waals surface area contributed by atoms with Gasteiger partial charge in [0.05, 0.1) is 5.52 Å². The topological polar surface area (TPSA) is 121 Å². The molecule has 0 bridgehead atoms. The quantitative estimate of drug-likeness (QED) is 0.288. The predicted molar refractivity (Wildman–Crippen MR) is 168 cm³/mol. The smallest absolute Gasteiger partial charge is 0.320 e. The van der Waals surface area contributed by atoms with Gasteiger partial charge in [0.25, 0.3) is 5.91 Å². The summed E-state index contributed by atoms with van der Waals surface area (Å²) >= 11 is 1.50. The number of fused-ring (bicyclic) bond motifs is 1. The third kappa shape index (κ3) is 6.07. The highest BCUT2D eigenvalue weighted by Gasteiger charge is 2.29. The van der Waals surface area contributed by atoms with Gasteiger partial charge in [0.15, 0.2) is 0 Å². The number of nitrogens with zero attached hydrogens (tertiary/aromatic N) is 4. The molecule has 42 heavy (non-hydrogen) atoms. The fourth-order valence-corrected chi connectivity index (χ4v) is 6.31. The van der Waals surface area contributed by atoms with Gasteiger partial charge in [0.2, 0.25) is 5.43 Å². The molecule has 5 rings (SSSR count). The Hall–Kier alpha value is -4.09. The van der Waals surface area contributed by atoms with Gasteiger partial charge >= 0.3 is 6.03 Å². The maximum atomic E-state index is 13.8. The summed E-state index contributed by atoms with van der Waals surface area (Å²) < 4.78 is 2.06. The molecule has 3 aromatic heterocycles. The van der Waals surface area contributed by atoms with Crippen LogP contribution in [0.15, 0.2) is 46.8 Å². The van der Waals surface area contributed by atoms with E-state index in [0.717, 1.165) is 58.8 Å². The van der Waals surface area contributed by atoms with Crippen LogP contribution >= 0.6 is 11.3 Å². The van der Waals surface area contributed by atoms with Gasteiger partial charge < -0.3 is 20.1 Å². The van der Waals surface area contributed by atoms with Crippen molar-refractivity contribution >= 4 is 40.0 Å². The Bertz CT molecular complexity index is 1700. The molecule has 1 aliphatic rings. The van der Waals surface area contributed by atoms with Crippen molar-refractivity contribution in [1.82, 2.24) is 30.1 Å². The Morgan fingerprint density at radius 2 is 2.02 bits per heavy atom. The van der Waals surface area contributed by atoms with E-state index in [9.17, 15) is 14.4 Å². The monoisotopic (exact) mass is 587 g/mol. The van der Waals surface area contributed by atoms with Crippen LogP contribution in [0.3, 0.4) is 0 Å². The van der Waals surface area contributed by atoms with Crippen LogP contribution in [-0.2, 0) is 6.54 Å². The Kier molecular flexibility index (Phi) is 8.42. The van der Waals surface area contributed by atoms with Crippen LogP contribution in [0, 0.1) is 12.3 Å². The van der Waals surface area contributed by atoms with E-state index in [4.69, 9.17) is 0 Å². The number of carbonyl (C=O) groups is 2. The number of piperidine rings is 1. The lowest BCUT2D eigenvalue weighted by Gasteiger charge is -2.35. The lowest BCUT2D eigenvalue weighted by atomic mass is 9.82. The second kappa shape index (κ2) is 12.0. The van der Waals surface area contributed by atoms with E-state index in [-0.39, 0.29) is 28.3 Å². The maximum absolute atomic E-state index is 13.8. The molecule has 10 nitrogen and oxygen atoms in total. The minimum atomic E-state index is -0.342. The van der Waals surface area contributed by atoms with Gasteiger partial charge in [-0.25, -0.2) is 14.8 Å². The largest absolute Gasteiger partial charge is 0.346 e. The minimum Gasteiger partial charge on any atom is -0.346 e. The number of anilines is 1. The molecular weight excluding hydrogens is 550 g/mol. The van der Waals surface area contributed by atoms with E-state index in [0.29, 0.717) is 24.3 Å². The fourth-order valence-electron chi connectivity index (χ4n) is 5.48. The SMILES string of the molecule is CCNC(=O)Nc1cc(-c2nc(C)cs2)c(-c2ccc3c(c2)c(=O)c(C(=O)N(C)C)cn3C[C@@]2(C)CCCNC2)cn1. The van der Waals surface area contributed by atoms with Crippen molar-refractivity contribution in [3.63, 3.8) is 0 Å². The molecule has 0 saturated carbocycles. The van der Waals surface area contributed by atoms with Crippen LogP contribution < -0.4 is 21.4 Å². The highest BCUT2D eigenvalue weighted by molar-refractivity contribution is 7.13. The molecule has 3 amide bonds. The summed E-state index contributed by atoms with van der Waals surface area (Å²) in [6.45, 7) is 9.06. The minimum absolute atomic E-state index is 0.00988. The number of hydrogen-bond donors (Lipinski definition) is 3. The summed E-state index contributed by atoms with van der Waals surface area (Å²) in [5, 5.41) is 12.2. The van der Waals surface area contributed by atoms with Gasteiger partial charge in [-0.15, -0.1) is 11.3 Å². The van der Waals surface area contributed by atoms with Crippen molar-refractivity contribution in [2.24, 2.45) is 5.41 Å². The predicted octanol–water partition coefficient (Wildman–Crippen LogP) is 4.73.